The number of nitrogens with one attached hydrogen (secondary N) is 1. The average Bonchev–Trinajstić information content (AvgIpc) is 2.27. The van der Waals surface area contributed by atoms with Crippen molar-refractivity contribution in [1.29, 1.82) is 0 Å². The fraction of sp³-hybridized carbons (Fsp3) is 0.333. The van der Waals surface area contributed by atoms with Crippen molar-refractivity contribution in [1.82, 2.24) is 5.32 Å². The topological polar surface area (TPSA) is 55.4 Å². The number of amides is 1. The lowest BCUT2D eigenvalue weighted by Gasteiger charge is -2.05. The third-order valence-corrected chi connectivity index (χ3v) is 1.97. The van der Waals surface area contributed by atoms with Crippen LogP contribution in [0.5, 0.6) is 0 Å². The largest absolute Gasteiger partial charge is 0.449 e. The molecular formula is C12H15NO3. The fourth-order valence-corrected chi connectivity index (χ4v) is 1.11. The van der Waals surface area contributed by atoms with E-state index in [0.29, 0.717) is 6.54 Å². The van der Waals surface area contributed by atoms with Crippen LogP contribution in [0, 0.1) is 0 Å². The first kappa shape index (κ1) is 12.2. The van der Waals surface area contributed by atoms with Gasteiger partial charge in [0.1, 0.15) is 12.4 Å². The summed E-state index contributed by atoms with van der Waals surface area (Å²) < 4.78 is 4.80. The zero-order chi connectivity index (χ0) is 11.8. The number of Topliss-reactive ketones (excluding diaryl/α,β-unsaturated/α-hetero) is 1. The van der Waals surface area contributed by atoms with Gasteiger partial charge in [-0.1, -0.05) is 30.3 Å². The summed E-state index contributed by atoms with van der Waals surface area (Å²) in [6.07, 6.45) is -0.233. The van der Waals surface area contributed by atoms with Gasteiger partial charge in [0.2, 0.25) is 0 Å². The number of ether oxygens (including phenoxy) is 1. The number of hydrogen-bond acceptors (Lipinski definition) is 3. The Kier molecular flexibility index (Phi) is 5.05. The van der Waals surface area contributed by atoms with E-state index in [1.54, 1.807) is 0 Å². The Balaban J connectivity index is 2.18. The molecule has 0 aromatic heterocycles. The van der Waals surface area contributed by atoms with Gasteiger partial charge in [0.05, 0.1) is 0 Å². The Morgan fingerprint density at radius 1 is 1.25 bits per heavy atom. The molecule has 1 aromatic rings. The number of alkyl carbamates (subject to hydrolysis) is 1. The van der Waals surface area contributed by atoms with E-state index in [-0.39, 0.29) is 18.8 Å². The summed E-state index contributed by atoms with van der Waals surface area (Å²) in [5.41, 5.74) is 1.01. The normalized spacial score (nSPS) is 9.56. The Labute approximate surface area is 94.6 Å². The average molecular weight is 221 g/mol. The second kappa shape index (κ2) is 6.61. The summed E-state index contributed by atoms with van der Waals surface area (Å²) in [5, 5.41) is 2.60. The maximum Gasteiger partial charge on any atom is 0.407 e. The van der Waals surface area contributed by atoms with Crippen molar-refractivity contribution < 1.29 is 14.3 Å². The van der Waals surface area contributed by atoms with Crippen LogP contribution in [-0.2, 0) is 16.1 Å². The lowest BCUT2D eigenvalue weighted by molar-refractivity contribution is -0.117. The fourth-order valence-electron chi connectivity index (χ4n) is 1.11. The molecule has 1 aromatic carbocycles. The third kappa shape index (κ3) is 5.14. The molecule has 0 radical (unpaired) electrons. The second-order valence-corrected chi connectivity index (χ2v) is 3.43. The van der Waals surface area contributed by atoms with Crippen LogP contribution in [0.15, 0.2) is 30.3 Å². The van der Waals surface area contributed by atoms with Crippen LogP contribution in [0.1, 0.15) is 18.9 Å². The van der Waals surface area contributed by atoms with Crippen molar-refractivity contribution in [2.24, 2.45) is 0 Å². The van der Waals surface area contributed by atoms with Gasteiger partial charge in [-0.2, -0.15) is 0 Å². The molecule has 0 unspecified atom stereocenters. The van der Waals surface area contributed by atoms with Crippen LogP contribution in [0.2, 0.25) is 0 Å². The Hall–Kier alpha value is -1.84. The van der Waals surface area contributed by atoms with E-state index in [9.17, 15) is 9.59 Å². The first-order valence-electron chi connectivity index (χ1n) is 5.12. The Morgan fingerprint density at radius 2 is 1.94 bits per heavy atom. The van der Waals surface area contributed by atoms with Crippen LogP contribution in [0.4, 0.5) is 4.79 Å². The van der Waals surface area contributed by atoms with E-state index < -0.39 is 6.09 Å². The van der Waals surface area contributed by atoms with Gasteiger partial charge in [-0.15, -0.1) is 0 Å². The van der Waals surface area contributed by atoms with Crippen LogP contribution in [-0.4, -0.2) is 18.5 Å². The predicted molar refractivity (Wildman–Crippen MR) is 59.9 cm³/mol. The predicted octanol–water partition coefficient (Wildman–Crippen LogP) is 1.89. The molecule has 0 aliphatic rings. The van der Waals surface area contributed by atoms with Gasteiger partial charge < -0.3 is 10.1 Å². The summed E-state index contributed by atoms with van der Waals surface area (Å²) in [6, 6.07) is 9.54. The molecule has 0 aliphatic carbocycles. The van der Waals surface area contributed by atoms with Gasteiger partial charge in [-0.25, -0.2) is 4.79 Å². The van der Waals surface area contributed by atoms with Gasteiger partial charge in [-0.05, 0) is 12.5 Å². The van der Waals surface area contributed by atoms with E-state index in [0.717, 1.165) is 5.56 Å². The molecule has 0 saturated carbocycles. The molecule has 0 bridgehead atoms. The molecule has 0 atom stereocenters. The van der Waals surface area contributed by atoms with Crippen LogP contribution < -0.4 is 5.32 Å². The maximum absolute atomic E-state index is 11.2. The van der Waals surface area contributed by atoms with Crippen molar-refractivity contribution in [3.8, 4) is 0 Å². The molecule has 4 heteroatoms. The quantitative estimate of drug-likeness (QED) is 0.826. The highest BCUT2D eigenvalue weighted by atomic mass is 16.5. The van der Waals surface area contributed by atoms with Gasteiger partial charge >= 0.3 is 6.09 Å². The highest BCUT2D eigenvalue weighted by molar-refractivity contribution is 5.76. The minimum Gasteiger partial charge on any atom is -0.449 e. The molecular weight excluding hydrogens is 206 g/mol. The first-order valence-corrected chi connectivity index (χ1v) is 5.12. The molecule has 0 saturated heterocycles. The van der Waals surface area contributed by atoms with Crippen LogP contribution in [0.25, 0.3) is 0 Å². The molecule has 1 rings (SSSR count). The standard InChI is InChI=1S/C12H15NO3/c1-10(14)7-8-16-12(15)13-9-11-5-3-2-4-6-11/h2-6H,7-9H2,1H3,(H,13,15). The van der Waals surface area contributed by atoms with E-state index in [4.69, 9.17) is 4.74 Å². The molecule has 16 heavy (non-hydrogen) atoms. The van der Waals surface area contributed by atoms with Crippen molar-refractivity contribution in [3.63, 3.8) is 0 Å². The van der Waals surface area contributed by atoms with E-state index in [2.05, 4.69) is 5.32 Å². The molecule has 0 spiro atoms. The zero-order valence-electron chi connectivity index (χ0n) is 9.23. The van der Waals surface area contributed by atoms with Gasteiger partial charge in [0, 0.05) is 13.0 Å². The third-order valence-electron chi connectivity index (χ3n) is 1.97. The minimum absolute atomic E-state index is 0.0101. The molecule has 0 aliphatic heterocycles. The summed E-state index contributed by atoms with van der Waals surface area (Å²) in [7, 11) is 0. The Morgan fingerprint density at radius 3 is 2.56 bits per heavy atom. The molecule has 4 nitrogen and oxygen atoms in total. The second-order valence-electron chi connectivity index (χ2n) is 3.43. The van der Waals surface area contributed by atoms with Crippen molar-refractivity contribution in [2.45, 2.75) is 19.9 Å². The smallest absolute Gasteiger partial charge is 0.407 e. The van der Waals surface area contributed by atoms with Crippen LogP contribution in [0.3, 0.4) is 0 Å². The molecule has 0 heterocycles. The van der Waals surface area contributed by atoms with Crippen molar-refractivity contribution in [2.75, 3.05) is 6.61 Å². The van der Waals surface area contributed by atoms with E-state index in [1.807, 2.05) is 30.3 Å². The summed E-state index contributed by atoms with van der Waals surface area (Å²) >= 11 is 0. The van der Waals surface area contributed by atoms with E-state index in [1.165, 1.54) is 6.92 Å². The highest BCUT2D eigenvalue weighted by Gasteiger charge is 2.02. The van der Waals surface area contributed by atoms with Crippen molar-refractivity contribution >= 4 is 11.9 Å². The summed E-state index contributed by atoms with van der Waals surface area (Å²) in [5.74, 6) is 0.0101. The number of ketones is 1. The minimum atomic E-state index is -0.495. The van der Waals surface area contributed by atoms with Gasteiger partial charge in [0.25, 0.3) is 0 Å². The molecule has 86 valence electrons. The van der Waals surface area contributed by atoms with Gasteiger partial charge in [0.15, 0.2) is 0 Å². The monoisotopic (exact) mass is 221 g/mol. The molecule has 0 fully saturated rings. The molecule has 1 amide bonds. The number of carbonyl (C=O) groups is 2. The Bertz CT molecular complexity index is 349. The number of hydrogen-bond donors (Lipinski definition) is 1. The van der Waals surface area contributed by atoms with E-state index >= 15 is 0 Å². The number of rotatable bonds is 5. The van der Waals surface area contributed by atoms with Crippen LogP contribution >= 0.6 is 0 Å². The maximum atomic E-state index is 11.2. The summed E-state index contributed by atoms with van der Waals surface area (Å²) in [4.78, 5) is 21.7. The SMILES string of the molecule is CC(=O)CCOC(=O)NCc1ccccc1. The zero-order valence-corrected chi connectivity index (χ0v) is 9.23. The van der Waals surface area contributed by atoms with Gasteiger partial charge in [-0.3, -0.25) is 4.79 Å². The lowest BCUT2D eigenvalue weighted by atomic mass is 10.2. The number of carbonyl (C=O) groups excluding carboxylic acids is 2. The van der Waals surface area contributed by atoms with Crippen molar-refractivity contribution in [3.05, 3.63) is 35.9 Å². The summed E-state index contributed by atoms with van der Waals surface area (Å²) in [6.45, 7) is 2.03. The highest BCUT2D eigenvalue weighted by Crippen LogP contribution is 1.97. The lowest BCUT2D eigenvalue weighted by Crippen LogP contribution is -2.24. The first-order chi connectivity index (χ1) is 7.68. The number of benzene rings is 1. The molecule has 1 N–H and O–H groups in total.